The van der Waals surface area contributed by atoms with Crippen LogP contribution in [0.15, 0.2) is 23.8 Å². The minimum atomic E-state index is 0.171. The van der Waals surface area contributed by atoms with Crippen molar-refractivity contribution in [2.24, 2.45) is 11.7 Å². The first-order valence-corrected chi connectivity index (χ1v) is 3.81. The highest BCUT2D eigenvalue weighted by molar-refractivity contribution is 5.93. The summed E-state index contributed by atoms with van der Waals surface area (Å²) >= 11 is 0. The van der Waals surface area contributed by atoms with E-state index in [0.717, 1.165) is 12.0 Å². The van der Waals surface area contributed by atoms with Crippen LogP contribution in [-0.2, 0) is 0 Å². The highest BCUT2D eigenvalue weighted by atomic mass is 14.7. The molecule has 11 heavy (non-hydrogen) atoms. The van der Waals surface area contributed by atoms with Crippen LogP contribution in [-0.4, -0.2) is 5.84 Å². The zero-order valence-electron chi connectivity index (χ0n) is 6.85. The molecule has 1 fully saturated rings. The average Bonchev–Trinajstić information content (AvgIpc) is 1.96. The van der Waals surface area contributed by atoms with Crippen LogP contribution in [0, 0.1) is 11.3 Å². The van der Waals surface area contributed by atoms with Crippen LogP contribution in [0.5, 0.6) is 0 Å². The fourth-order valence-corrected chi connectivity index (χ4v) is 1.11. The van der Waals surface area contributed by atoms with E-state index in [1.165, 1.54) is 12.0 Å². The number of hydrogen-bond donors (Lipinski definition) is 2. The van der Waals surface area contributed by atoms with Gasteiger partial charge in [-0.25, -0.2) is 0 Å². The van der Waals surface area contributed by atoms with Crippen molar-refractivity contribution in [3.63, 3.8) is 0 Å². The lowest BCUT2D eigenvalue weighted by molar-refractivity contribution is 0.534. The Morgan fingerprint density at radius 3 is 2.73 bits per heavy atom. The lowest BCUT2D eigenvalue weighted by Gasteiger charge is -2.26. The molecule has 0 aromatic carbocycles. The first kappa shape index (κ1) is 8.05. The molecule has 0 aliphatic heterocycles. The molecule has 0 spiro atoms. The van der Waals surface area contributed by atoms with Crippen LogP contribution in [0.3, 0.4) is 0 Å². The van der Waals surface area contributed by atoms with E-state index in [1.807, 2.05) is 13.0 Å². The molecule has 0 amide bonds. The Morgan fingerprint density at radius 1 is 1.82 bits per heavy atom. The fourth-order valence-electron chi connectivity index (χ4n) is 1.11. The van der Waals surface area contributed by atoms with Gasteiger partial charge in [-0.15, -0.1) is 0 Å². The molecule has 1 aliphatic rings. The van der Waals surface area contributed by atoms with Gasteiger partial charge in [-0.3, -0.25) is 5.41 Å². The van der Waals surface area contributed by atoms with Crippen molar-refractivity contribution < 1.29 is 0 Å². The van der Waals surface area contributed by atoms with Gasteiger partial charge in [-0.05, 0) is 31.3 Å². The van der Waals surface area contributed by atoms with E-state index >= 15 is 0 Å². The third-order valence-electron chi connectivity index (χ3n) is 2.18. The van der Waals surface area contributed by atoms with Gasteiger partial charge in [0.05, 0.1) is 0 Å². The molecule has 0 aromatic heterocycles. The molecule has 1 aliphatic carbocycles. The highest BCUT2D eigenvalue weighted by Gasteiger charge is 2.19. The first-order chi connectivity index (χ1) is 5.11. The number of hydrogen-bond acceptors (Lipinski definition) is 1. The maximum atomic E-state index is 7.14. The SMILES string of the molecule is C=C1CCC1/C=C(\C)C(=N)N. The van der Waals surface area contributed by atoms with Gasteiger partial charge in [0.1, 0.15) is 5.84 Å². The largest absolute Gasteiger partial charge is 0.384 e. The number of rotatable bonds is 2. The van der Waals surface area contributed by atoms with Gasteiger partial charge in [0, 0.05) is 0 Å². The number of nitrogens with one attached hydrogen (secondary N) is 1. The van der Waals surface area contributed by atoms with Gasteiger partial charge in [-0.1, -0.05) is 18.2 Å². The van der Waals surface area contributed by atoms with Crippen LogP contribution in [0.2, 0.25) is 0 Å². The number of nitrogens with two attached hydrogens (primary N) is 1. The zero-order chi connectivity index (χ0) is 8.43. The van der Waals surface area contributed by atoms with E-state index in [2.05, 4.69) is 6.58 Å². The third-order valence-corrected chi connectivity index (χ3v) is 2.18. The van der Waals surface area contributed by atoms with Gasteiger partial charge in [0.2, 0.25) is 0 Å². The lowest BCUT2D eigenvalue weighted by atomic mass is 9.79. The molecule has 2 nitrogen and oxygen atoms in total. The van der Waals surface area contributed by atoms with Gasteiger partial charge in [0.15, 0.2) is 0 Å². The molecule has 60 valence electrons. The van der Waals surface area contributed by atoms with E-state index in [1.54, 1.807) is 0 Å². The van der Waals surface area contributed by atoms with E-state index in [4.69, 9.17) is 11.1 Å². The number of amidine groups is 1. The molecular formula is C9H14N2. The topological polar surface area (TPSA) is 49.9 Å². The maximum Gasteiger partial charge on any atom is 0.118 e. The van der Waals surface area contributed by atoms with Crippen LogP contribution >= 0.6 is 0 Å². The molecule has 1 atom stereocenters. The predicted octanol–water partition coefficient (Wildman–Crippen LogP) is 1.83. The lowest BCUT2D eigenvalue weighted by Crippen LogP contribution is -2.16. The Hall–Kier alpha value is -1.05. The third kappa shape index (κ3) is 1.70. The summed E-state index contributed by atoms with van der Waals surface area (Å²) in [6.45, 7) is 5.77. The average molecular weight is 150 g/mol. The Bertz CT molecular complexity index is 226. The van der Waals surface area contributed by atoms with Crippen LogP contribution < -0.4 is 5.73 Å². The molecule has 2 heteroatoms. The maximum absolute atomic E-state index is 7.14. The normalized spacial score (nSPS) is 24.6. The van der Waals surface area contributed by atoms with E-state index < -0.39 is 0 Å². The molecule has 0 bridgehead atoms. The summed E-state index contributed by atoms with van der Waals surface area (Å²) in [5.74, 6) is 0.656. The Kier molecular flexibility index (Phi) is 2.13. The molecule has 1 unspecified atom stereocenters. The van der Waals surface area contributed by atoms with Crippen molar-refractivity contribution >= 4 is 5.84 Å². The molecule has 0 radical (unpaired) electrons. The number of allylic oxidation sites excluding steroid dienone is 2. The van der Waals surface area contributed by atoms with Gasteiger partial charge >= 0.3 is 0 Å². The summed E-state index contributed by atoms with van der Waals surface area (Å²) in [5, 5.41) is 7.14. The highest BCUT2D eigenvalue weighted by Crippen LogP contribution is 2.33. The minimum Gasteiger partial charge on any atom is -0.384 e. The molecule has 0 heterocycles. The van der Waals surface area contributed by atoms with Crippen molar-refractivity contribution in [2.75, 3.05) is 0 Å². The van der Waals surface area contributed by atoms with Crippen molar-refractivity contribution in [3.8, 4) is 0 Å². The van der Waals surface area contributed by atoms with Crippen LogP contribution in [0.4, 0.5) is 0 Å². The van der Waals surface area contributed by atoms with Gasteiger partial charge < -0.3 is 5.73 Å². The Balaban J connectivity index is 2.57. The molecule has 0 saturated heterocycles. The zero-order valence-corrected chi connectivity index (χ0v) is 6.85. The van der Waals surface area contributed by atoms with Crippen molar-refractivity contribution in [2.45, 2.75) is 19.8 Å². The summed E-state index contributed by atoms with van der Waals surface area (Å²) in [5.41, 5.74) is 7.43. The second kappa shape index (κ2) is 2.91. The van der Waals surface area contributed by atoms with Crippen LogP contribution in [0.1, 0.15) is 19.8 Å². The molecular weight excluding hydrogens is 136 g/mol. The fraction of sp³-hybridized carbons (Fsp3) is 0.444. The summed E-state index contributed by atoms with van der Waals surface area (Å²) in [7, 11) is 0. The van der Waals surface area contributed by atoms with Gasteiger partial charge in [-0.2, -0.15) is 0 Å². The molecule has 1 rings (SSSR count). The van der Waals surface area contributed by atoms with Crippen molar-refractivity contribution in [3.05, 3.63) is 23.8 Å². The van der Waals surface area contributed by atoms with Crippen molar-refractivity contribution in [1.82, 2.24) is 0 Å². The van der Waals surface area contributed by atoms with Gasteiger partial charge in [0.25, 0.3) is 0 Å². The summed E-state index contributed by atoms with van der Waals surface area (Å²) in [6.07, 6.45) is 4.34. The molecule has 1 saturated carbocycles. The summed E-state index contributed by atoms with van der Waals surface area (Å²) < 4.78 is 0. The quantitative estimate of drug-likeness (QED) is 0.352. The summed E-state index contributed by atoms with van der Waals surface area (Å²) in [6, 6.07) is 0. The molecule has 0 aromatic rings. The first-order valence-electron chi connectivity index (χ1n) is 3.81. The van der Waals surface area contributed by atoms with E-state index in [0.29, 0.717) is 5.92 Å². The Morgan fingerprint density at radius 2 is 2.45 bits per heavy atom. The second-order valence-electron chi connectivity index (χ2n) is 3.07. The smallest absolute Gasteiger partial charge is 0.118 e. The van der Waals surface area contributed by atoms with E-state index in [-0.39, 0.29) is 5.84 Å². The van der Waals surface area contributed by atoms with Crippen LogP contribution in [0.25, 0.3) is 0 Å². The predicted molar refractivity (Wildman–Crippen MR) is 47.5 cm³/mol. The Labute approximate surface area is 67.3 Å². The van der Waals surface area contributed by atoms with E-state index in [9.17, 15) is 0 Å². The second-order valence-corrected chi connectivity index (χ2v) is 3.07. The summed E-state index contributed by atoms with van der Waals surface area (Å²) in [4.78, 5) is 0. The minimum absolute atomic E-state index is 0.171. The standard InChI is InChI=1S/C9H14N2/c1-6-3-4-8(6)5-7(2)9(10)11/h5,8H,1,3-4H2,2H3,(H3,10,11)/b7-5+. The van der Waals surface area contributed by atoms with Crippen molar-refractivity contribution in [1.29, 1.82) is 5.41 Å². The molecule has 3 N–H and O–H groups in total. The monoisotopic (exact) mass is 150 g/mol.